The number of halogens is 2. The van der Waals surface area contributed by atoms with Crippen LogP contribution in [0.15, 0.2) is 29.3 Å². The Labute approximate surface area is 170 Å². The third kappa shape index (κ3) is 7.75. The summed E-state index contributed by atoms with van der Waals surface area (Å²) in [6.07, 6.45) is 2.08. The Bertz CT molecular complexity index is 672. The molecule has 1 aromatic carbocycles. The van der Waals surface area contributed by atoms with Gasteiger partial charge in [0.2, 0.25) is 5.91 Å². The molecule has 1 aliphatic heterocycles. The van der Waals surface area contributed by atoms with E-state index in [1.807, 2.05) is 24.8 Å². The molecule has 0 radical (unpaired) electrons. The third-order valence-corrected chi connectivity index (χ3v) is 4.48. The van der Waals surface area contributed by atoms with Crippen molar-refractivity contribution in [2.75, 3.05) is 37.6 Å². The van der Waals surface area contributed by atoms with Gasteiger partial charge in [-0.3, -0.25) is 9.79 Å². The average molecular weight is 411 g/mol. The summed E-state index contributed by atoms with van der Waals surface area (Å²) < 4.78 is 30.0. The lowest BCUT2D eigenvalue weighted by Crippen LogP contribution is -2.44. The van der Waals surface area contributed by atoms with Crippen molar-refractivity contribution in [2.45, 2.75) is 45.8 Å². The Hall–Kier alpha value is -2.58. The SMILES string of the molecule is CCCNC(=O)CCN=C(NCC)NC1CCN(c2ccccc2OC(F)F)C1. The summed E-state index contributed by atoms with van der Waals surface area (Å²) in [5.41, 5.74) is 0.659. The fraction of sp³-hybridized carbons (Fsp3) is 0.600. The Morgan fingerprint density at radius 1 is 1.31 bits per heavy atom. The highest BCUT2D eigenvalue weighted by Crippen LogP contribution is 2.31. The van der Waals surface area contributed by atoms with Crippen molar-refractivity contribution in [3.05, 3.63) is 24.3 Å². The first-order valence-electron chi connectivity index (χ1n) is 10.1. The van der Waals surface area contributed by atoms with Crippen LogP contribution in [0, 0.1) is 0 Å². The van der Waals surface area contributed by atoms with Crippen molar-refractivity contribution in [2.24, 2.45) is 4.99 Å². The molecule has 1 amide bonds. The van der Waals surface area contributed by atoms with E-state index >= 15 is 0 Å². The second-order valence-corrected chi connectivity index (χ2v) is 6.78. The van der Waals surface area contributed by atoms with Gasteiger partial charge in [-0.05, 0) is 31.9 Å². The highest BCUT2D eigenvalue weighted by molar-refractivity contribution is 5.81. The molecule has 0 aliphatic carbocycles. The lowest BCUT2D eigenvalue weighted by atomic mass is 10.2. The minimum absolute atomic E-state index is 0.00544. The van der Waals surface area contributed by atoms with Gasteiger partial charge >= 0.3 is 6.61 Å². The van der Waals surface area contributed by atoms with Crippen molar-refractivity contribution in [1.82, 2.24) is 16.0 Å². The van der Waals surface area contributed by atoms with Crippen molar-refractivity contribution in [3.8, 4) is 5.75 Å². The minimum atomic E-state index is -2.85. The zero-order chi connectivity index (χ0) is 21.1. The van der Waals surface area contributed by atoms with Gasteiger partial charge < -0.3 is 25.6 Å². The van der Waals surface area contributed by atoms with Gasteiger partial charge in [-0.2, -0.15) is 8.78 Å². The maximum Gasteiger partial charge on any atom is 0.387 e. The number of rotatable bonds is 10. The van der Waals surface area contributed by atoms with Crippen LogP contribution in [0.2, 0.25) is 0 Å². The maximum absolute atomic E-state index is 12.7. The summed E-state index contributed by atoms with van der Waals surface area (Å²) in [6.45, 7) is 4.27. The molecular formula is C20H31F2N5O2. The fourth-order valence-corrected chi connectivity index (χ4v) is 3.15. The van der Waals surface area contributed by atoms with Gasteiger partial charge in [0.05, 0.1) is 12.2 Å². The summed E-state index contributed by atoms with van der Waals surface area (Å²) in [6, 6.07) is 6.94. The number of carbonyl (C=O) groups excluding carboxylic acids is 1. The number of amides is 1. The molecule has 7 nitrogen and oxygen atoms in total. The second kappa shape index (κ2) is 12.1. The average Bonchev–Trinajstić information content (AvgIpc) is 3.14. The molecule has 3 N–H and O–H groups in total. The van der Waals surface area contributed by atoms with Crippen molar-refractivity contribution in [1.29, 1.82) is 0 Å². The molecule has 1 atom stereocenters. The van der Waals surface area contributed by atoms with Crippen LogP contribution in [-0.4, -0.2) is 57.2 Å². The molecule has 1 heterocycles. The Morgan fingerprint density at radius 3 is 2.83 bits per heavy atom. The zero-order valence-corrected chi connectivity index (χ0v) is 17.1. The molecule has 1 unspecified atom stereocenters. The van der Waals surface area contributed by atoms with E-state index in [9.17, 15) is 13.6 Å². The molecule has 1 aromatic rings. The largest absolute Gasteiger partial charge is 0.433 e. The first-order chi connectivity index (χ1) is 14.0. The summed E-state index contributed by atoms with van der Waals surface area (Å²) in [5, 5.41) is 9.39. The Morgan fingerprint density at radius 2 is 2.10 bits per heavy atom. The quantitative estimate of drug-likeness (QED) is 0.407. The molecule has 0 aromatic heterocycles. The number of aliphatic imine (C=N–C) groups is 1. The van der Waals surface area contributed by atoms with E-state index in [0.717, 1.165) is 19.4 Å². The number of hydrogen-bond donors (Lipinski definition) is 3. The van der Waals surface area contributed by atoms with Gasteiger partial charge in [0.25, 0.3) is 0 Å². The maximum atomic E-state index is 12.7. The smallest absolute Gasteiger partial charge is 0.387 e. The predicted molar refractivity (Wildman–Crippen MR) is 111 cm³/mol. The third-order valence-electron chi connectivity index (χ3n) is 4.48. The van der Waals surface area contributed by atoms with E-state index in [2.05, 4.69) is 25.7 Å². The number of alkyl halides is 2. The zero-order valence-electron chi connectivity index (χ0n) is 17.1. The van der Waals surface area contributed by atoms with Crippen LogP contribution in [0.5, 0.6) is 5.75 Å². The van der Waals surface area contributed by atoms with E-state index in [4.69, 9.17) is 0 Å². The molecule has 29 heavy (non-hydrogen) atoms. The monoisotopic (exact) mass is 411 g/mol. The summed E-state index contributed by atoms with van der Waals surface area (Å²) in [4.78, 5) is 18.2. The molecule has 1 aliphatic rings. The molecule has 2 rings (SSSR count). The molecule has 9 heteroatoms. The molecule has 1 saturated heterocycles. The van der Waals surface area contributed by atoms with Gasteiger partial charge in [0, 0.05) is 38.6 Å². The minimum Gasteiger partial charge on any atom is -0.433 e. The fourth-order valence-electron chi connectivity index (χ4n) is 3.15. The second-order valence-electron chi connectivity index (χ2n) is 6.78. The highest BCUT2D eigenvalue weighted by Gasteiger charge is 2.26. The molecule has 0 bridgehead atoms. The number of para-hydroxylation sites is 2. The first kappa shape index (κ1) is 22.7. The Balaban J connectivity index is 1.91. The van der Waals surface area contributed by atoms with Gasteiger partial charge in [-0.25, -0.2) is 0 Å². The normalized spacial score (nSPS) is 16.8. The van der Waals surface area contributed by atoms with Crippen LogP contribution in [-0.2, 0) is 4.79 Å². The Kier molecular flexibility index (Phi) is 9.46. The van der Waals surface area contributed by atoms with Crippen molar-refractivity contribution in [3.63, 3.8) is 0 Å². The number of hydrogen-bond acceptors (Lipinski definition) is 4. The van der Waals surface area contributed by atoms with Crippen LogP contribution in [0.25, 0.3) is 0 Å². The van der Waals surface area contributed by atoms with Gasteiger partial charge in [-0.1, -0.05) is 19.1 Å². The van der Waals surface area contributed by atoms with Gasteiger partial charge in [-0.15, -0.1) is 0 Å². The van der Waals surface area contributed by atoms with E-state index in [1.54, 1.807) is 18.2 Å². The summed E-state index contributed by atoms with van der Waals surface area (Å²) in [5.74, 6) is 0.829. The van der Waals surface area contributed by atoms with Crippen LogP contribution >= 0.6 is 0 Å². The number of benzene rings is 1. The first-order valence-corrected chi connectivity index (χ1v) is 10.1. The van der Waals surface area contributed by atoms with Gasteiger partial charge in [0.1, 0.15) is 5.75 Å². The highest BCUT2D eigenvalue weighted by atomic mass is 19.3. The molecular weight excluding hydrogens is 380 g/mol. The number of anilines is 1. The predicted octanol–water partition coefficient (Wildman–Crippen LogP) is 2.34. The number of nitrogens with zero attached hydrogens (tertiary/aromatic N) is 2. The van der Waals surface area contributed by atoms with E-state index in [-0.39, 0.29) is 17.7 Å². The lowest BCUT2D eigenvalue weighted by molar-refractivity contribution is -0.120. The van der Waals surface area contributed by atoms with Gasteiger partial charge in [0.15, 0.2) is 5.96 Å². The topological polar surface area (TPSA) is 78.0 Å². The molecule has 1 fully saturated rings. The van der Waals surface area contributed by atoms with E-state index < -0.39 is 6.61 Å². The van der Waals surface area contributed by atoms with Crippen LogP contribution in [0.3, 0.4) is 0 Å². The number of guanidine groups is 1. The number of nitrogens with one attached hydrogen (secondary N) is 3. The summed E-state index contributed by atoms with van der Waals surface area (Å²) in [7, 11) is 0. The number of carbonyl (C=O) groups is 1. The standard InChI is InChI=1S/C20H31F2N5O2/c1-3-11-24-18(28)9-12-25-20(23-4-2)26-15-10-13-27(14-15)16-7-5-6-8-17(16)29-19(21)22/h5-8,15,19H,3-4,9-14H2,1-2H3,(H,24,28)(H2,23,25,26). The molecule has 162 valence electrons. The van der Waals surface area contributed by atoms with Crippen molar-refractivity contribution >= 4 is 17.6 Å². The van der Waals surface area contributed by atoms with Crippen molar-refractivity contribution < 1.29 is 18.3 Å². The van der Waals surface area contributed by atoms with Crippen LogP contribution in [0.4, 0.5) is 14.5 Å². The molecule has 0 saturated carbocycles. The molecule has 0 spiro atoms. The summed E-state index contributed by atoms with van der Waals surface area (Å²) >= 11 is 0. The van der Waals surface area contributed by atoms with Crippen LogP contribution < -0.4 is 25.6 Å². The number of ether oxygens (including phenoxy) is 1. The van der Waals surface area contributed by atoms with Crippen LogP contribution in [0.1, 0.15) is 33.1 Å². The van der Waals surface area contributed by atoms with E-state index in [1.165, 1.54) is 0 Å². The lowest BCUT2D eigenvalue weighted by Gasteiger charge is -2.22. The van der Waals surface area contributed by atoms with E-state index in [0.29, 0.717) is 44.2 Å².